The first-order chi connectivity index (χ1) is 12.3. The van der Waals surface area contributed by atoms with Gasteiger partial charge in [0.15, 0.2) is 11.5 Å². The van der Waals surface area contributed by atoms with Crippen molar-refractivity contribution in [2.45, 2.75) is 6.54 Å². The van der Waals surface area contributed by atoms with Crippen LogP contribution >= 0.6 is 11.6 Å². The molecular formula is C18H15ClN4O2. The molecule has 2 heterocycles. The second-order valence-electron chi connectivity index (χ2n) is 5.41. The number of aromatic nitrogens is 2. The molecule has 0 unspecified atom stereocenters. The Balaban J connectivity index is 1.44. The smallest absolute Gasteiger partial charge is 0.231 e. The lowest BCUT2D eigenvalue weighted by Gasteiger charge is -2.09. The van der Waals surface area contributed by atoms with Gasteiger partial charge < -0.3 is 20.1 Å². The number of rotatable bonds is 5. The summed E-state index contributed by atoms with van der Waals surface area (Å²) in [5, 5.41) is 7.02. The maximum atomic E-state index is 6.16. The summed E-state index contributed by atoms with van der Waals surface area (Å²) in [7, 11) is 0. The van der Waals surface area contributed by atoms with Gasteiger partial charge in [-0.3, -0.25) is 0 Å². The molecule has 126 valence electrons. The monoisotopic (exact) mass is 354 g/mol. The molecule has 1 aromatic heterocycles. The summed E-state index contributed by atoms with van der Waals surface area (Å²) >= 11 is 6.16. The van der Waals surface area contributed by atoms with E-state index in [1.165, 1.54) is 0 Å². The Labute approximate surface area is 149 Å². The minimum atomic E-state index is 0.269. The number of hydrogen-bond acceptors (Lipinski definition) is 6. The molecule has 0 atom stereocenters. The molecule has 25 heavy (non-hydrogen) atoms. The predicted octanol–water partition coefficient (Wildman–Crippen LogP) is 4.21. The molecule has 3 aromatic rings. The molecule has 6 nitrogen and oxygen atoms in total. The van der Waals surface area contributed by atoms with E-state index in [0.29, 0.717) is 23.3 Å². The summed E-state index contributed by atoms with van der Waals surface area (Å²) in [5.74, 6) is 2.71. The molecule has 0 spiro atoms. The van der Waals surface area contributed by atoms with Crippen LogP contribution in [0.4, 0.5) is 17.5 Å². The van der Waals surface area contributed by atoms with Crippen LogP contribution in [0.15, 0.2) is 54.7 Å². The highest BCUT2D eigenvalue weighted by molar-refractivity contribution is 6.33. The fourth-order valence-electron chi connectivity index (χ4n) is 2.45. The van der Waals surface area contributed by atoms with Crippen LogP contribution in [0.2, 0.25) is 5.02 Å². The third-order valence-electron chi connectivity index (χ3n) is 3.68. The lowest BCUT2D eigenvalue weighted by Crippen LogP contribution is -2.05. The van der Waals surface area contributed by atoms with Gasteiger partial charge in [-0.1, -0.05) is 29.8 Å². The summed E-state index contributed by atoms with van der Waals surface area (Å²) in [4.78, 5) is 8.69. The van der Waals surface area contributed by atoms with Crippen LogP contribution in [0.25, 0.3) is 0 Å². The van der Waals surface area contributed by atoms with Crippen LogP contribution in [-0.2, 0) is 6.54 Å². The molecule has 0 bridgehead atoms. The Morgan fingerprint density at radius 2 is 1.92 bits per heavy atom. The van der Waals surface area contributed by atoms with Crippen LogP contribution in [0.1, 0.15) is 5.56 Å². The molecule has 0 fully saturated rings. The molecule has 0 radical (unpaired) electrons. The maximum Gasteiger partial charge on any atom is 0.231 e. The Morgan fingerprint density at radius 3 is 2.84 bits per heavy atom. The number of nitrogens with one attached hydrogen (secondary N) is 2. The van der Waals surface area contributed by atoms with Gasteiger partial charge >= 0.3 is 0 Å². The van der Waals surface area contributed by atoms with Crippen molar-refractivity contribution in [3.8, 4) is 11.5 Å². The summed E-state index contributed by atoms with van der Waals surface area (Å²) in [5.41, 5.74) is 1.85. The van der Waals surface area contributed by atoms with Crippen LogP contribution in [-0.4, -0.2) is 16.8 Å². The van der Waals surface area contributed by atoms with Gasteiger partial charge in [0, 0.05) is 12.7 Å². The minimum Gasteiger partial charge on any atom is -0.454 e. The van der Waals surface area contributed by atoms with Crippen LogP contribution < -0.4 is 20.1 Å². The lowest BCUT2D eigenvalue weighted by molar-refractivity contribution is 0.174. The fourth-order valence-corrected chi connectivity index (χ4v) is 2.63. The SMILES string of the molecule is Clc1ccccc1Nc1ccnc(NCc2ccc3c(c2)OCO3)n1. The molecule has 1 aliphatic rings. The Bertz CT molecular complexity index is 904. The van der Waals surface area contributed by atoms with Crippen molar-refractivity contribution >= 4 is 29.1 Å². The molecule has 4 rings (SSSR count). The number of hydrogen-bond donors (Lipinski definition) is 2. The standard InChI is InChI=1S/C18H15ClN4O2/c19-13-3-1-2-4-14(13)22-17-7-8-20-18(23-17)21-10-12-5-6-15-16(9-12)25-11-24-15/h1-9H,10-11H2,(H2,20,21,22,23). The quantitative estimate of drug-likeness (QED) is 0.715. The number of para-hydroxylation sites is 1. The average molecular weight is 355 g/mol. The van der Waals surface area contributed by atoms with Gasteiger partial charge in [0.2, 0.25) is 12.7 Å². The number of fused-ring (bicyclic) bond motifs is 1. The van der Waals surface area contributed by atoms with Gasteiger partial charge in [0.05, 0.1) is 10.7 Å². The van der Waals surface area contributed by atoms with Crippen molar-refractivity contribution in [1.82, 2.24) is 9.97 Å². The van der Waals surface area contributed by atoms with Crippen LogP contribution in [0.3, 0.4) is 0 Å². The van der Waals surface area contributed by atoms with E-state index < -0.39 is 0 Å². The largest absolute Gasteiger partial charge is 0.454 e. The molecule has 0 saturated carbocycles. The first-order valence-corrected chi connectivity index (χ1v) is 8.13. The zero-order valence-electron chi connectivity index (χ0n) is 13.2. The zero-order chi connectivity index (χ0) is 17.1. The molecule has 1 aliphatic heterocycles. The lowest BCUT2D eigenvalue weighted by atomic mass is 10.2. The average Bonchev–Trinajstić information content (AvgIpc) is 3.10. The van der Waals surface area contributed by atoms with E-state index in [1.807, 2.05) is 42.5 Å². The molecule has 2 aromatic carbocycles. The number of ether oxygens (including phenoxy) is 2. The number of nitrogens with zero attached hydrogens (tertiary/aromatic N) is 2. The predicted molar refractivity (Wildman–Crippen MR) is 96.7 cm³/mol. The normalized spacial score (nSPS) is 12.0. The number of halogens is 1. The zero-order valence-corrected chi connectivity index (χ0v) is 14.0. The van der Waals surface area contributed by atoms with E-state index in [4.69, 9.17) is 21.1 Å². The van der Waals surface area contributed by atoms with Crippen LogP contribution in [0.5, 0.6) is 11.5 Å². The molecule has 0 amide bonds. The van der Waals surface area contributed by atoms with Gasteiger partial charge in [-0.25, -0.2) is 4.98 Å². The molecule has 2 N–H and O–H groups in total. The second-order valence-corrected chi connectivity index (χ2v) is 5.82. The Kier molecular flexibility index (Phi) is 4.26. The van der Waals surface area contributed by atoms with E-state index in [0.717, 1.165) is 22.7 Å². The number of benzene rings is 2. The van der Waals surface area contributed by atoms with Crippen LogP contribution in [0, 0.1) is 0 Å². The summed E-state index contributed by atoms with van der Waals surface area (Å²) in [6.07, 6.45) is 1.69. The third kappa shape index (κ3) is 3.59. The summed E-state index contributed by atoms with van der Waals surface area (Å²) in [6, 6.07) is 15.1. The van der Waals surface area contributed by atoms with Crippen molar-refractivity contribution in [3.05, 3.63) is 65.3 Å². The van der Waals surface area contributed by atoms with Gasteiger partial charge in [-0.2, -0.15) is 4.98 Å². The number of anilines is 3. The van der Waals surface area contributed by atoms with Gasteiger partial charge in [-0.15, -0.1) is 0 Å². The summed E-state index contributed by atoms with van der Waals surface area (Å²) < 4.78 is 10.7. The third-order valence-corrected chi connectivity index (χ3v) is 4.01. The molecule has 0 aliphatic carbocycles. The molecular weight excluding hydrogens is 340 g/mol. The van der Waals surface area contributed by atoms with Crippen molar-refractivity contribution in [3.63, 3.8) is 0 Å². The highest BCUT2D eigenvalue weighted by Crippen LogP contribution is 2.32. The highest BCUT2D eigenvalue weighted by atomic mass is 35.5. The Morgan fingerprint density at radius 1 is 1.04 bits per heavy atom. The van der Waals surface area contributed by atoms with E-state index in [1.54, 1.807) is 12.3 Å². The van der Waals surface area contributed by atoms with Gasteiger partial charge in [-0.05, 0) is 35.9 Å². The first kappa shape index (κ1) is 15.5. The van der Waals surface area contributed by atoms with Gasteiger partial charge in [0.25, 0.3) is 0 Å². The van der Waals surface area contributed by atoms with E-state index in [-0.39, 0.29) is 6.79 Å². The van der Waals surface area contributed by atoms with Crippen molar-refractivity contribution in [2.24, 2.45) is 0 Å². The van der Waals surface area contributed by atoms with Gasteiger partial charge in [0.1, 0.15) is 5.82 Å². The Hall–Kier alpha value is -2.99. The van der Waals surface area contributed by atoms with E-state index in [9.17, 15) is 0 Å². The van der Waals surface area contributed by atoms with E-state index >= 15 is 0 Å². The second kappa shape index (κ2) is 6.86. The van der Waals surface area contributed by atoms with Crippen molar-refractivity contribution in [2.75, 3.05) is 17.4 Å². The van der Waals surface area contributed by atoms with Crippen molar-refractivity contribution < 1.29 is 9.47 Å². The van der Waals surface area contributed by atoms with E-state index in [2.05, 4.69) is 20.6 Å². The fraction of sp³-hybridized carbons (Fsp3) is 0.111. The highest BCUT2D eigenvalue weighted by Gasteiger charge is 2.13. The maximum absolute atomic E-state index is 6.16. The summed E-state index contributed by atoms with van der Waals surface area (Å²) in [6.45, 7) is 0.845. The minimum absolute atomic E-state index is 0.269. The first-order valence-electron chi connectivity index (χ1n) is 7.75. The molecule has 7 heteroatoms. The molecule has 0 saturated heterocycles. The topological polar surface area (TPSA) is 68.3 Å². The van der Waals surface area contributed by atoms with Crippen molar-refractivity contribution in [1.29, 1.82) is 0 Å².